The van der Waals surface area contributed by atoms with E-state index in [9.17, 15) is 0 Å². The van der Waals surface area contributed by atoms with Crippen LogP contribution in [0, 0.1) is 62.3 Å². The van der Waals surface area contributed by atoms with E-state index >= 15 is 0 Å². The number of anilines is 18. The maximum absolute atomic E-state index is 5.99. The zero-order chi connectivity index (χ0) is 86.7. The first kappa shape index (κ1) is 78.3. The van der Waals surface area contributed by atoms with Crippen LogP contribution < -0.4 is 78.6 Å². The fourth-order valence-corrected chi connectivity index (χ4v) is 20.7. The number of rotatable bonds is 9. The fraction of sp³-hybridized carbons (Fsp3) is 0.184. The topological polar surface area (TPSA) is 58.1 Å². The van der Waals surface area contributed by atoms with Gasteiger partial charge in [0.2, 0.25) is 0 Å². The zero-order valence-electron chi connectivity index (χ0n) is 75.5. The van der Waals surface area contributed by atoms with E-state index in [-0.39, 0.29) is 36.4 Å². The predicted octanol–water partition coefficient (Wildman–Crippen LogP) is 23.8. The number of aryl methyl sites for hydroxylation is 9. The minimum atomic E-state index is -0.195. The van der Waals surface area contributed by atoms with Gasteiger partial charge in [-0.25, -0.2) is 15.0 Å². The molecule has 0 amide bonds. The molecular weight excluding hydrogens is 1530 g/mol. The van der Waals surface area contributed by atoms with Crippen LogP contribution in [0.25, 0.3) is 34.2 Å². The first-order chi connectivity index (χ1) is 60.5. The lowest BCUT2D eigenvalue weighted by Crippen LogP contribution is -2.61. The Labute approximate surface area is 744 Å². The zero-order valence-corrected chi connectivity index (χ0v) is 75.5. The Morgan fingerprint density at radius 3 is 0.532 bits per heavy atom. The quantitative estimate of drug-likeness (QED) is 0.132. The highest BCUT2D eigenvalue weighted by Gasteiger charge is 2.49. The standard InChI is InChI=1S/C114H102B3N9/c1-67-19-37-82(38-20-67)121-94-49-31-73(7)55-88(94)115-91-58-76(34-52-97(91)124(85-43-25-70(4)26-44-85)103-64-79(112(10,11)12)61-100(121)106(103)115)109-118-110(77-35-53-98-92(59-77)116-89-56-74(8)32-50-95(89)122(83-39-21-68(2)22-40-83)101-62-80(113(13,14)15)65-104(107(101)116)125(98)86-45-27-71(5)28-46-86)120-111(119-109)78-36-54-99-93(60-78)117-90-57-75(9)33-51-96(90)123(84-41-23-69(3)24-42-84)102-63-81(114(16,17)18)66-105(108(102)117)126(99)87-47-29-72(6)30-48-87/h19-66H,1-18H3. The molecule has 126 heavy (non-hydrogen) atoms. The average Bonchev–Trinajstić information content (AvgIpc) is 0.702. The number of nitrogens with zero attached hydrogens (tertiary/aromatic N) is 9. The molecule has 0 spiro atoms. The van der Waals surface area contributed by atoms with Crippen molar-refractivity contribution in [3.63, 3.8) is 0 Å². The Hall–Kier alpha value is -13.7. The molecule has 15 aromatic carbocycles. The molecule has 22 rings (SSSR count). The molecular formula is C114H102B3N9. The molecule has 6 aliphatic rings. The van der Waals surface area contributed by atoms with Gasteiger partial charge < -0.3 is 29.4 Å². The van der Waals surface area contributed by atoms with Crippen LogP contribution in [0.2, 0.25) is 0 Å². The molecule has 0 saturated carbocycles. The Balaban J connectivity index is 0.813. The van der Waals surface area contributed by atoms with Crippen molar-refractivity contribution in [3.8, 4) is 34.2 Å². The lowest BCUT2D eigenvalue weighted by molar-refractivity contribution is 0.590. The molecule has 1 aromatic heterocycles. The number of benzene rings is 15. The molecule has 0 bridgehead atoms. The van der Waals surface area contributed by atoms with Gasteiger partial charge in [0.15, 0.2) is 17.5 Å². The molecule has 0 aliphatic carbocycles. The van der Waals surface area contributed by atoms with E-state index in [2.05, 4.69) is 445 Å². The molecule has 0 N–H and O–H groups in total. The third-order valence-electron chi connectivity index (χ3n) is 27.4. The summed E-state index contributed by atoms with van der Waals surface area (Å²) in [6.45, 7) is 40.4. The van der Waals surface area contributed by atoms with Crippen LogP contribution in [0.1, 0.15) is 129 Å². The van der Waals surface area contributed by atoms with Gasteiger partial charge in [-0.05, 0) is 308 Å². The highest BCUT2D eigenvalue weighted by molar-refractivity contribution is 7.02. The number of aromatic nitrogens is 3. The van der Waals surface area contributed by atoms with Gasteiger partial charge in [-0.1, -0.05) is 240 Å². The highest BCUT2D eigenvalue weighted by Crippen LogP contribution is 2.52. The average molecular weight is 1630 g/mol. The maximum atomic E-state index is 5.99. The molecule has 0 atom stereocenters. The van der Waals surface area contributed by atoms with Crippen molar-refractivity contribution in [1.29, 1.82) is 0 Å². The minimum absolute atomic E-state index is 0.194. The van der Waals surface area contributed by atoms with Crippen LogP contribution in [-0.2, 0) is 16.2 Å². The normalized spacial score (nSPS) is 13.8. The smallest absolute Gasteiger partial charge is 0.252 e. The van der Waals surface area contributed by atoms with Crippen molar-refractivity contribution in [3.05, 3.63) is 358 Å². The summed E-state index contributed by atoms with van der Waals surface area (Å²) in [5, 5.41) is 0. The van der Waals surface area contributed by atoms with Crippen molar-refractivity contribution < 1.29 is 0 Å². The summed E-state index contributed by atoms with van der Waals surface area (Å²) in [5.74, 6) is 1.74. The van der Waals surface area contributed by atoms with E-state index in [0.29, 0.717) is 17.5 Å². The third-order valence-corrected chi connectivity index (χ3v) is 27.4. The van der Waals surface area contributed by atoms with Gasteiger partial charge in [-0.2, -0.15) is 0 Å². The number of hydrogen-bond acceptors (Lipinski definition) is 9. The van der Waals surface area contributed by atoms with E-state index in [0.717, 1.165) is 84.9 Å². The van der Waals surface area contributed by atoms with E-state index in [1.54, 1.807) is 0 Å². The first-order valence-corrected chi connectivity index (χ1v) is 44.8. The molecule has 0 unspecified atom stereocenters. The van der Waals surface area contributed by atoms with Gasteiger partial charge in [-0.3, -0.25) is 0 Å². The van der Waals surface area contributed by atoms with Gasteiger partial charge in [0.05, 0.1) is 0 Å². The Bertz CT molecular complexity index is 6470. The van der Waals surface area contributed by atoms with Crippen LogP contribution >= 0.6 is 0 Å². The van der Waals surface area contributed by atoms with Gasteiger partial charge >= 0.3 is 0 Å². The monoisotopic (exact) mass is 1630 g/mol. The molecule has 612 valence electrons. The minimum Gasteiger partial charge on any atom is -0.311 e. The van der Waals surface area contributed by atoms with Gasteiger partial charge in [0.1, 0.15) is 0 Å². The summed E-state index contributed by atoms with van der Waals surface area (Å²) in [7, 11) is 0. The molecule has 0 radical (unpaired) electrons. The molecule has 0 fully saturated rings. The van der Waals surface area contributed by atoms with E-state index < -0.39 is 0 Å². The van der Waals surface area contributed by atoms with Crippen molar-refractivity contribution in [2.24, 2.45) is 0 Å². The molecule has 6 aliphatic heterocycles. The van der Waals surface area contributed by atoms with Gasteiger partial charge in [0.25, 0.3) is 20.1 Å². The number of fused-ring (bicyclic) bond motifs is 12. The summed E-state index contributed by atoms with van der Waals surface area (Å²) in [6.07, 6.45) is 0. The van der Waals surface area contributed by atoms with Gasteiger partial charge in [-0.15, -0.1) is 0 Å². The molecule has 12 heteroatoms. The Kier molecular flexibility index (Phi) is 17.8. The summed E-state index contributed by atoms with van der Waals surface area (Å²) < 4.78 is 0. The molecule has 7 heterocycles. The second-order valence-electron chi connectivity index (χ2n) is 39.7. The summed E-state index contributed by atoms with van der Waals surface area (Å²) in [4.78, 5) is 33.2. The van der Waals surface area contributed by atoms with Crippen molar-refractivity contribution in [2.75, 3.05) is 29.4 Å². The predicted molar refractivity (Wildman–Crippen MR) is 537 cm³/mol. The first-order valence-electron chi connectivity index (χ1n) is 44.8. The van der Waals surface area contributed by atoms with Crippen LogP contribution in [0.3, 0.4) is 0 Å². The Morgan fingerprint density at radius 1 is 0.183 bits per heavy atom. The highest BCUT2D eigenvalue weighted by atomic mass is 15.2. The van der Waals surface area contributed by atoms with Crippen molar-refractivity contribution in [2.45, 2.75) is 141 Å². The second kappa shape index (κ2) is 28.7. The maximum Gasteiger partial charge on any atom is 0.252 e. The summed E-state index contributed by atoms with van der Waals surface area (Å²) >= 11 is 0. The lowest BCUT2D eigenvalue weighted by Gasteiger charge is -2.45. The largest absolute Gasteiger partial charge is 0.311 e. The molecule has 0 saturated heterocycles. The van der Waals surface area contributed by atoms with Crippen LogP contribution in [0.5, 0.6) is 0 Å². The van der Waals surface area contributed by atoms with Crippen LogP contribution in [-0.4, -0.2) is 35.1 Å². The Morgan fingerprint density at radius 2 is 0.349 bits per heavy atom. The summed E-state index contributed by atoms with van der Waals surface area (Å²) in [6, 6.07) is 112. The summed E-state index contributed by atoms with van der Waals surface area (Å²) in [5.41, 5.74) is 48.3. The van der Waals surface area contributed by atoms with Crippen LogP contribution in [0.15, 0.2) is 291 Å². The molecule has 16 aromatic rings. The van der Waals surface area contributed by atoms with E-state index in [4.69, 9.17) is 15.0 Å². The van der Waals surface area contributed by atoms with E-state index in [1.807, 2.05) is 0 Å². The van der Waals surface area contributed by atoms with Gasteiger partial charge in [0, 0.05) is 119 Å². The number of hydrogen-bond donors (Lipinski definition) is 0. The van der Waals surface area contributed by atoms with E-state index in [1.165, 1.54) is 150 Å². The second-order valence-corrected chi connectivity index (χ2v) is 39.7. The molecule has 9 nitrogen and oxygen atoms in total. The fourth-order valence-electron chi connectivity index (χ4n) is 20.7. The lowest BCUT2D eigenvalue weighted by atomic mass is 9.33. The third kappa shape index (κ3) is 12.7. The van der Waals surface area contributed by atoms with Crippen molar-refractivity contribution in [1.82, 2.24) is 15.0 Å². The van der Waals surface area contributed by atoms with Crippen molar-refractivity contribution >= 4 is 172 Å². The van der Waals surface area contributed by atoms with Crippen LogP contribution in [0.4, 0.5) is 102 Å². The SMILES string of the molecule is Cc1ccc(N2c3ccc(C)cc3B3c4cc(-c5nc(-c6ccc7c(c6)B6c8cc(C)ccc8N(c8ccc(C)cc8)c8cc(C(C)(C)C)cc(c86)N7c6ccc(C)cc6)nc(-c6ccc7c(c6)B6c8cc(C)ccc8N(c8ccc(C)cc8)c8cc(C(C)(C)C)cc(c86)N7c6ccc(C)cc6)n5)ccc4N(c4ccc(C)cc4)c4cc(C(C)(C)C)cc2c43)cc1.